The van der Waals surface area contributed by atoms with Crippen molar-refractivity contribution in [3.63, 3.8) is 0 Å². The lowest BCUT2D eigenvalue weighted by Crippen LogP contribution is -2.18. The van der Waals surface area contributed by atoms with Crippen LogP contribution in [0.25, 0.3) is 0 Å². The molecule has 0 aliphatic rings. The Morgan fingerprint density at radius 2 is 2.10 bits per heavy atom. The van der Waals surface area contributed by atoms with Crippen LogP contribution in [0, 0.1) is 6.92 Å². The fraction of sp³-hybridized carbons (Fsp3) is 0.286. The van der Waals surface area contributed by atoms with Crippen molar-refractivity contribution in [3.8, 4) is 0 Å². The summed E-state index contributed by atoms with van der Waals surface area (Å²) in [6, 6.07) is 1.73. The maximum absolute atomic E-state index is 12.3. The van der Waals surface area contributed by atoms with Crippen LogP contribution in [-0.2, 0) is 0 Å². The van der Waals surface area contributed by atoms with Gasteiger partial charge in [0, 0.05) is 24.0 Å². The van der Waals surface area contributed by atoms with Gasteiger partial charge in [-0.15, -0.1) is 0 Å². The number of nitrogens with zero attached hydrogens (tertiary/aromatic N) is 3. The second-order valence-corrected chi connectivity index (χ2v) is 4.83. The summed E-state index contributed by atoms with van der Waals surface area (Å²) in [4.78, 5) is 24.6. The zero-order valence-corrected chi connectivity index (χ0v) is 11.7. The second kappa shape index (κ2) is 5.64. The minimum absolute atomic E-state index is 0.129. The number of nitrogens with two attached hydrogens (primary N) is 1. The molecule has 0 aromatic carbocycles. The van der Waals surface area contributed by atoms with E-state index >= 15 is 0 Å². The maximum atomic E-state index is 12.3. The molecule has 0 saturated heterocycles. The Morgan fingerprint density at radius 3 is 2.75 bits per heavy atom. The zero-order chi connectivity index (χ0) is 14.7. The number of rotatable bonds is 3. The smallest absolute Gasteiger partial charge is 0.276 e. The summed E-state index contributed by atoms with van der Waals surface area (Å²) >= 11 is 0. The predicted molar refractivity (Wildman–Crippen MR) is 77.5 cm³/mol. The largest absolute Gasteiger partial charge is 0.396 e. The molecule has 2 heterocycles. The first-order chi connectivity index (χ1) is 9.49. The van der Waals surface area contributed by atoms with E-state index in [9.17, 15) is 4.79 Å². The Hall–Kier alpha value is -2.50. The van der Waals surface area contributed by atoms with Crippen LogP contribution >= 0.6 is 0 Å². The van der Waals surface area contributed by atoms with Crippen LogP contribution in [-0.4, -0.2) is 20.9 Å². The molecule has 0 atom stereocenters. The van der Waals surface area contributed by atoms with Gasteiger partial charge in [0.1, 0.15) is 5.82 Å². The monoisotopic (exact) mass is 271 g/mol. The van der Waals surface area contributed by atoms with Gasteiger partial charge in [-0.2, -0.15) is 0 Å². The number of hydrogen-bond donors (Lipinski definition) is 2. The normalized spacial score (nSPS) is 10.6. The molecule has 0 aliphatic carbocycles. The summed E-state index contributed by atoms with van der Waals surface area (Å²) in [6.07, 6.45) is 4.76. The lowest BCUT2D eigenvalue weighted by atomic mass is 10.2. The number of carbonyl (C=O) groups is 1. The number of anilines is 2. The van der Waals surface area contributed by atoms with Crippen molar-refractivity contribution in [3.05, 3.63) is 41.7 Å². The number of aryl methyl sites for hydroxylation is 1. The average molecular weight is 271 g/mol. The van der Waals surface area contributed by atoms with Gasteiger partial charge in [0.2, 0.25) is 0 Å². The third-order valence-electron chi connectivity index (χ3n) is 2.84. The van der Waals surface area contributed by atoms with Gasteiger partial charge in [-0.25, -0.2) is 9.97 Å². The third-order valence-corrected chi connectivity index (χ3v) is 2.84. The molecule has 0 bridgehead atoms. The number of aromatic nitrogens is 3. The van der Waals surface area contributed by atoms with E-state index in [1.807, 2.05) is 20.8 Å². The Kier molecular flexibility index (Phi) is 3.93. The van der Waals surface area contributed by atoms with Crippen molar-refractivity contribution in [1.82, 2.24) is 15.0 Å². The highest BCUT2D eigenvalue weighted by Crippen LogP contribution is 2.17. The Balaban J connectivity index is 2.30. The van der Waals surface area contributed by atoms with E-state index in [4.69, 9.17) is 5.73 Å². The molecule has 3 N–H and O–H groups in total. The fourth-order valence-corrected chi connectivity index (χ4v) is 1.66. The molecule has 2 aromatic heterocycles. The van der Waals surface area contributed by atoms with Gasteiger partial charge in [-0.05, 0) is 18.6 Å². The molecule has 1 amide bonds. The van der Waals surface area contributed by atoms with Crippen LogP contribution in [0.5, 0.6) is 0 Å². The van der Waals surface area contributed by atoms with Crippen molar-refractivity contribution in [1.29, 1.82) is 0 Å². The molecule has 0 aliphatic heterocycles. The van der Waals surface area contributed by atoms with Crippen molar-refractivity contribution < 1.29 is 4.79 Å². The number of carbonyl (C=O) groups excluding carboxylic acids is 1. The number of amides is 1. The summed E-state index contributed by atoms with van der Waals surface area (Å²) in [5.41, 5.74) is 7.80. The number of pyridine rings is 1. The fourth-order valence-electron chi connectivity index (χ4n) is 1.66. The summed E-state index contributed by atoms with van der Waals surface area (Å²) in [6.45, 7) is 5.78. The molecule has 6 nitrogen and oxygen atoms in total. The highest BCUT2D eigenvalue weighted by atomic mass is 16.1. The van der Waals surface area contributed by atoms with E-state index in [2.05, 4.69) is 20.3 Å². The van der Waals surface area contributed by atoms with Gasteiger partial charge < -0.3 is 11.1 Å². The van der Waals surface area contributed by atoms with Crippen LogP contribution < -0.4 is 11.1 Å². The van der Waals surface area contributed by atoms with E-state index in [0.717, 1.165) is 5.56 Å². The quantitative estimate of drug-likeness (QED) is 0.892. The number of nitrogens with one attached hydrogen (secondary N) is 1. The molecule has 0 saturated carbocycles. The molecule has 104 valence electrons. The van der Waals surface area contributed by atoms with Gasteiger partial charge in [0.25, 0.3) is 5.91 Å². The van der Waals surface area contributed by atoms with Crippen LogP contribution in [0.2, 0.25) is 0 Å². The molecule has 20 heavy (non-hydrogen) atoms. The van der Waals surface area contributed by atoms with Crippen molar-refractivity contribution >= 4 is 17.3 Å². The summed E-state index contributed by atoms with van der Waals surface area (Å²) in [7, 11) is 0. The first-order valence-electron chi connectivity index (χ1n) is 6.33. The van der Waals surface area contributed by atoms with Gasteiger partial charge in [0.05, 0.1) is 11.9 Å². The summed E-state index contributed by atoms with van der Waals surface area (Å²) in [5, 5.41) is 2.78. The molecule has 0 spiro atoms. The number of nitrogen functional groups attached to an aromatic ring is 1. The van der Waals surface area contributed by atoms with Gasteiger partial charge >= 0.3 is 0 Å². The first-order valence-corrected chi connectivity index (χ1v) is 6.33. The van der Waals surface area contributed by atoms with Gasteiger partial charge in [0.15, 0.2) is 5.69 Å². The maximum Gasteiger partial charge on any atom is 0.276 e. The van der Waals surface area contributed by atoms with Crippen LogP contribution in [0.4, 0.5) is 11.4 Å². The standard InChI is InChI=1S/C14H17N5O/c1-8(2)13-17-7-10(15)12(19-13)14(20)18-11-4-5-16-6-9(11)3/h4-8H,15H2,1-3H3,(H,16,18,20). The molecule has 0 radical (unpaired) electrons. The molecular formula is C14H17N5O. The summed E-state index contributed by atoms with van der Waals surface area (Å²) in [5.74, 6) is 0.377. The van der Waals surface area contributed by atoms with E-state index in [0.29, 0.717) is 11.5 Å². The molecule has 6 heteroatoms. The minimum atomic E-state index is -0.346. The van der Waals surface area contributed by atoms with Crippen LogP contribution in [0.3, 0.4) is 0 Å². The second-order valence-electron chi connectivity index (χ2n) is 4.83. The SMILES string of the molecule is Cc1cnccc1NC(=O)c1nc(C(C)C)ncc1N. The highest BCUT2D eigenvalue weighted by molar-refractivity contribution is 6.06. The third kappa shape index (κ3) is 2.90. The molecule has 0 unspecified atom stereocenters. The highest BCUT2D eigenvalue weighted by Gasteiger charge is 2.15. The van der Waals surface area contributed by atoms with Crippen molar-refractivity contribution in [2.75, 3.05) is 11.1 Å². The van der Waals surface area contributed by atoms with Crippen molar-refractivity contribution in [2.24, 2.45) is 0 Å². The Labute approximate surface area is 117 Å². The molecular weight excluding hydrogens is 254 g/mol. The summed E-state index contributed by atoms with van der Waals surface area (Å²) < 4.78 is 0. The van der Waals surface area contributed by atoms with Gasteiger partial charge in [-0.3, -0.25) is 9.78 Å². The number of hydrogen-bond acceptors (Lipinski definition) is 5. The predicted octanol–water partition coefficient (Wildman–Crippen LogP) is 2.14. The molecule has 2 rings (SSSR count). The van der Waals surface area contributed by atoms with Crippen LogP contribution in [0.1, 0.15) is 41.6 Å². The van der Waals surface area contributed by atoms with E-state index < -0.39 is 0 Å². The lowest BCUT2D eigenvalue weighted by Gasteiger charge is -2.10. The van der Waals surface area contributed by atoms with Crippen molar-refractivity contribution in [2.45, 2.75) is 26.7 Å². The van der Waals surface area contributed by atoms with E-state index in [-0.39, 0.29) is 23.2 Å². The average Bonchev–Trinajstić information content (AvgIpc) is 2.41. The van der Waals surface area contributed by atoms with E-state index in [1.165, 1.54) is 6.20 Å². The Morgan fingerprint density at radius 1 is 1.35 bits per heavy atom. The van der Waals surface area contributed by atoms with E-state index in [1.54, 1.807) is 18.5 Å². The molecule has 2 aromatic rings. The van der Waals surface area contributed by atoms with Crippen LogP contribution in [0.15, 0.2) is 24.7 Å². The molecule has 0 fully saturated rings. The Bertz CT molecular complexity index is 639. The minimum Gasteiger partial charge on any atom is -0.396 e. The van der Waals surface area contributed by atoms with Gasteiger partial charge in [-0.1, -0.05) is 13.8 Å². The zero-order valence-electron chi connectivity index (χ0n) is 11.7. The topological polar surface area (TPSA) is 93.8 Å². The first kappa shape index (κ1) is 13.9. The lowest BCUT2D eigenvalue weighted by molar-refractivity contribution is 0.102.